The standard InChI is InChI=1S/C15H13ClN2S/c1-8-5-4-6-11-13(8)17-15(18-14(11)16)12-7-9(2)10(3)19-12/h4-7H,1-3H3. The van der Waals surface area contributed by atoms with Gasteiger partial charge in [-0.05, 0) is 44.0 Å². The fourth-order valence-electron chi connectivity index (χ4n) is 2.05. The first-order valence-electron chi connectivity index (χ1n) is 6.06. The van der Waals surface area contributed by atoms with Crippen molar-refractivity contribution in [1.29, 1.82) is 0 Å². The molecule has 0 bridgehead atoms. The number of aryl methyl sites for hydroxylation is 3. The number of fused-ring (bicyclic) bond motifs is 1. The van der Waals surface area contributed by atoms with Crippen LogP contribution in [0.2, 0.25) is 5.15 Å². The van der Waals surface area contributed by atoms with E-state index in [2.05, 4.69) is 29.9 Å². The van der Waals surface area contributed by atoms with Gasteiger partial charge in [0.05, 0.1) is 10.4 Å². The molecule has 0 aliphatic heterocycles. The maximum Gasteiger partial charge on any atom is 0.171 e. The molecule has 0 aliphatic rings. The Kier molecular flexibility index (Phi) is 3.03. The number of thiophene rings is 1. The van der Waals surface area contributed by atoms with Crippen LogP contribution < -0.4 is 0 Å². The van der Waals surface area contributed by atoms with Crippen LogP contribution in [0.1, 0.15) is 16.0 Å². The third kappa shape index (κ3) is 2.13. The molecule has 0 radical (unpaired) electrons. The number of hydrogen-bond acceptors (Lipinski definition) is 3. The van der Waals surface area contributed by atoms with Gasteiger partial charge in [-0.2, -0.15) is 0 Å². The highest BCUT2D eigenvalue weighted by Gasteiger charge is 2.12. The lowest BCUT2D eigenvalue weighted by Crippen LogP contribution is -1.92. The highest BCUT2D eigenvalue weighted by atomic mass is 35.5. The molecule has 96 valence electrons. The fourth-order valence-corrected chi connectivity index (χ4v) is 3.25. The van der Waals surface area contributed by atoms with E-state index in [4.69, 9.17) is 11.6 Å². The Hall–Kier alpha value is -1.45. The molecule has 3 aromatic rings. The van der Waals surface area contributed by atoms with Crippen LogP contribution >= 0.6 is 22.9 Å². The van der Waals surface area contributed by atoms with E-state index in [9.17, 15) is 0 Å². The number of nitrogens with zero attached hydrogens (tertiary/aromatic N) is 2. The van der Waals surface area contributed by atoms with Gasteiger partial charge >= 0.3 is 0 Å². The van der Waals surface area contributed by atoms with Gasteiger partial charge in [0, 0.05) is 10.3 Å². The van der Waals surface area contributed by atoms with Gasteiger partial charge < -0.3 is 0 Å². The summed E-state index contributed by atoms with van der Waals surface area (Å²) in [7, 11) is 0. The molecule has 2 heterocycles. The van der Waals surface area contributed by atoms with Crippen molar-refractivity contribution >= 4 is 33.8 Å². The largest absolute Gasteiger partial charge is 0.227 e. The SMILES string of the molecule is Cc1cc(-c2nc(Cl)c3cccc(C)c3n2)sc1C. The average Bonchev–Trinajstić information content (AvgIpc) is 2.71. The average molecular weight is 289 g/mol. The molecule has 0 amide bonds. The Morgan fingerprint density at radius 3 is 2.53 bits per heavy atom. The molecule has 19 heavy (non-hydrogen) atoms. The topological polar surface area (TPSA) is 25.8 Å². The van der Waals surface area contributed by atoms with Gasteiger partial charge in [-0.15, -0.1) is 11.3 Å². The van der Waals surface area contributed by atoms with Crippen LogP contribution in [0.15, 0.2) is 24.3 Å². The number of para-hydroxylation sites is 1. The summed E-state index contributed by atoms with van der Waals surface area (Å²) in [6, 6.07) is 8.10. The van der Waals surface area contributed by atoms with Crippen molar-refractivity contribution in [2.45, 2.75) is 20.8 Å². The molecule has 0 fully saturated rings. The predicted molar refractivity (Wildman–Crippen MR) is 82.1 cm³/mol. The monoisotopic (exact) mass is 288 g/mol. The second-order valence-corrected chi connectivity index (χ2v) is 6.27. The Morgan fingerprint density at radius 2 is 1.84 bits per heavy atom. The lowest BCUT2D eigenvalue weighted by molar-refractivity contribution is 1.23. The van der Waals surface area contributed by atoms with Crippen molar-refractivity contribution < 1.29 is 0 Å². The van der Waals surface area contributed by atoms with Crippen molar-refractivity contribution in [1.82, 2.24) is 9.97 Å². The second kappa shape index (κ2) is 4.58. The molecule has 0 unspecified atom stereocenters. The zero-order valence-corrected chi connectivity index (χ0v) is 12.6. The maximum atomic E-state index is 6.28. The number of hydrogen-bond donors (Lipinski definition) is 0. The Morgan fingerprint density at radius 1 is 1.05 bits per heavy atom. The summed E-state index contributed by atoms with van der Waals surface area (Å²) in [5.74, 6) is 0.716. The Bertz CT molecular complexity index is 758. The third-order valence-corrected chi connectivity index (χ3v) is 4.70. The molecular formula is C15H13ClN2S. The van der Waals surface area contributed by atoms with Crippen LogP contribution in [0.5, 0.6) is 0 Å². The Balaban J connectivity index is 2.28. The van der Waals surface area contributed by atoms with Gasteiger partial charge in [-0.1, -0.05) is 23.7 Å². The first kappa shape index (κ1) is 12.6. The summed E-state index contributed by atoms with van der Waals surface area (Å²) >= 11 is 7.99. The van der Waals surface area contributed by atoms with Crippen molar-refractivity contribution in [3.05, 3.63) is 45.4 Å². The van der Waals surface area contributed by atoms with Crippen LogP contribution in [-0.4, -0.2) is 9.97 Å². The van der Waals surface area contributed by atoms with E-state index in [-0.39, 0.29) is 0 Å². The highest BCUT2D eigenvalue weighted by molar-refractivity contribution is 7.15. The van der Waals surface area contributed by atoms with Crippen molar-refractivity contribution in [2.24, 2.45) is 0 Å². The Labute approximate surface area is 121 Å². The van der Waals surface area contributed by atoms with Crippen LogP contribution in [0, 0.1) is 20.8 Å². The molecule has 2 aromatic heterocycles. The molecule has 0 aliphatic carbocycles. The molecular weight excluding hydrogens is 276 g/mol. The molecule has 0 N–H and O–H groups in total. The van der Waals surface area contributed by atoms with Gasteiger partial charge in [0.1, 0.15) is 5.15 Å². The van der Waals surface area contributed by atoms with Gasteiger partial charge in [-0.25, -0.2) is 9.97 Å². The lowest BCUT2D eigenvalue weighted by Gasteiger charge is -2.05. The second-order valence-electron chi connectivity index (χ2n) is 4.66. The molecule has 0 atom stereocenters. The van der Waals surface area contributed by atoms with E-state index in [1.165, 1.54) is 10.4 Å². The van der Waals surface area contributed by atoms with Crippen molar-refractivity contribution in [3.63, 3.8) is 0 Å². The summed E-state index contributed by atoms with van der Waals surface area (Å²) in [6.45, 7) is 6.25. The van der Waals surface area contributed by atoms with Crippen molar-refractivity contribution in [3.8, 4) is 10.7 Å². The van der Waals surface area contributed by atoms with Crippen LogP contribution in [-0.2, 0) is 0 Å². The van der Waals surface area contributed by atoms with Gasteiger partial charge in [-0.3, -0.25) is 0 Å². The smallest absolute Gasteiger partial charge is 0.171 e. The molecule has 1 aromatic carbocycles. The summed E-state index contributed by atoms with van der Waals surface area (Å²) in [4.78, 5) is 11.5. The summed E-state index contributed by atoms with van der Waals surface area (Å²) in [5, 5.41) is 1.43. The summed E-state index contributed by atoms with van der Waals surface area (Å²) in [6.07, 6.45) is 0. The van der Waals surface area contributed by atoms with Crippen LogP contribution in [0.4, 0.5) is 0 Å². The minimum absolute atomic E-state index is 0.521. The van der Waals surface area contributed by atoms with Crippen LogP contribution in [0.3, 0.4) is 0 Å². The quantitative estimate of drug-likeness (QED) is 0.593. The first-order valence-corrected chi connectivity index (χ1v) is 7.26. The number of halogens is 1. The molecule has 2 nitrogen and oxygen atoms in total. The zero-order valence-electron chi connectivity index (χ0n) is 11.0. The molecule has 0 saturated carbocycles. The van der Waals surface area contributed by atoms with E-state index in [1.54, 1.807) is 11.3 Å². The summed E-state index contributed by atoms with van der Waals surface area (Å²) in [5.41, 5.74) is 3.32. The normalized spacial score (nSPS) is 11.2. The van der Waals surface area contributed by atoms with Crippen molar-refractivity contribution in [2.75, 3.05) is 0 Å². The minimum atomic E-state index is 0.521. The maximum absolute atomic E-state index is 6.28. The first-order chi connectivity index (χ1) is 9.06. The zero-order chi connectivity index (χ0) is 13.6. The number of benzene rings is 1. The lowest BCUT2D eigenvalue weighted by atomic mass is 10.1. The molecule has 4 heteroatoms. The fraction of sp³-hybridized carbons (Fsp3) is 0.200. The van der Waals surface area contributed by atoms with Gasteiger partial charge in [0.2, 0.25) is 0 Å². The number of rotatable bonds is 1. The van der Waals surface area contributed by atoms with E-state index in [1.807, 2.05) is 25.1 Å². The third-order valence-electron chi connectivity index (χ3n) is 3.27. The van der Waals surface area contributed by atoms with Crippen LogP contribution in [0.25, 0.3) is 21.6 Å². The van der Waals surface area contributed by atoms with E-state index in [0.717, 1.165) is 21.3 Å². The van der Waals surface area contributed by atoms with Gasteiger partial charge in [0.15, 0.2) is 5.82 Å². The minimum Gasteiger partial charge on any atom is -0.227 e. The molecule has 0 spiro atoms. The summed E-state index contributed by atoms with van der Waals surface area (Å²) < 4.78 is 0. The number of aromatic nitrogens is 2. The molecule has 0 saturated heterocycles. The highest BCUT2D eigenvalue weighted by Crippen LogP contribution is 2.31. The van der Waals surface area contributed by atoms with E-state index < -0.39 is 0 Å². The van der Waals surface area contributed by atoms with E-state index >= 15 is 0 Å². The predicted octanol–water partition coefficient (Wildman–Crippen LogP) is 4.94. The van der Waals surface area contributed by atoms with Gasteiger partial charge in [0.25, 0.3) is 0 Å². The molecule has 3 rings (SSSR count). The van der Waals surface area contributed by atoms with E-state index in [0.29, 0.717) is 11.0 Å².